The van der Waals surface area contributed by atoms with Crippen molar-refractivity contribution >= 4 is 0 Å². The first-order valence-electron chi connectivity index (χ1n) is 6.20. The highest BCUT2D eigenvalue weighted by atomic mass is 16.3. The van der Waals surface area contributed by atoms with Crippen LogP contribution in [0.2, 0.25) is 0 Å². The first kappa shape index (κ1) is 14.2. The van der Waals surface area contributed by atoms with Gasteiger partial charge in [-0.1, -0.05) is 38.7 Å². The Labute approximate surface area is 104 Å². The van der Waals surface area contributed by atoms with Crippen LogP contribution in [0.15, 0.2) is 36.0 Å². The van der Waals surface area contributed by atoms with Crippen molar-refractivity contribution in [2.45, 2.75) is 52.2 Å². The highest BCUT2D eigenvalue weighted by Gasteiger charge is 2.21. The summed E-state index contributed by atoms with van der Waals surface area (Å²) in [5.74, 6) is 0. The van der Waals surface area contributed by atoms with Crippen molar-refractivity contribution in [1.29, 1.82) is 0 Å². The normalized spacial score (nSPS) is 35.6. The van der Waals surface area contributed by atoms with Crippen LogP contribution < -0.4 is 0 Å². The predicted molar refractivity (Wildman–Crippen MR) is 71.7 cm³/mol. The first-order valence-corrected chi connectivity index (χ1v) is 6.20. The van der Waals surface area contributed by atoms with E-state index in [0.717, 1.165) is 11.1 Å². The summed E-state index contributed by atoms with van der Waals surface area (Å²) in [7, 11) is 0. The van der Waals surface area contributed by atoms with Gasteiger partial charge in [-0.2, -0.15) is 0 Å². The van der Waals surface area contributed by atoms with Gasteiger partial charge in [0.15, 0.2) is 0 Å². The minimum atomic E-state index is -0.511. The van der Waals surface area contributed by atoms with Gasteiger partial charge < -0.3 is 10.2 Å². The Balaban J connectivity index is 2.93. The maximum atomic E-state index is 10.1. The van der Waals surface area contributed by atoms with Gasteiger partial charge in [0.2, 0.25) is 0 Å². The molecule has 2 nitrogen and oxygen atoms in total. The summed E-state index contributed by atoms with van der Waals surface area (Å²) in [6, 6.07) is 0. The number of allylic oxidation sites excluding steroid dienone is 2. The molecule has 0 aromatic carbocycles. The SMILES string of the molecule is C=C1C/C=C\C(C)(C)C[C@@H](O)/C(C)=C\C[C@@H]1O. The zero-order chi connectivity index (χ0) is 13.1. The molecule has 2 atom stereocenters. The molecule has 0 bridgehead atoms. The summed E-state index contributed by atoms with van der Waals surface area (Å²) in [6.45, 7) is 10.0. The average molecular weight is 236 g/mol. The number of rotatable bonds is 0. The van der Waals surface area contributed by atoms with Gasteiger partial charge >= 0.3 is 0 Å². The molecule has 0 unspecified atom stereocenters. The summed E-state index contributed by atoms with van der Waals surface area (Å²) in [5, 5.41) is 19.9. The molecule has 2 N–H and O–H groups in total. The second-order valence-electron chi connectivity index (χ2n) is 5.67. The monoisotopic (exact) mass is 236 g/mol. The highest BCUT2D eigenvalue weighted by molar-refractivity contribution is 5.15. The Kier molecular flexibility index (Phi) is 4.72. The fourth-order valence-corrected chi connectivity index (χ4v) is 1.99. The molecule has 0 radical (unpaired) electrons. The predicted octanol–water partition coefficient (Wildman–Crippen LogP) is 2.98. The third kappa shape index (κ3) is 4.49. The van der Waals surface area contributed by atoms with E-state index in [4.69, 9.17) is 0 Å². The van der Waals surface area contributed by atoms with E-state index in [2.05, 4.69) is 26.5 Å². The summed E-state index contributed by atoms with van der Waals surface area (Å²) < 4.78 is 0. The van der Waals surface area contributed by atoms with Crippen LogP contribution in [0, 0.1) is 5.41 Å². The summed E-state index contributed by atoms with van der Waals surface area (Å²) in [6.07, 6.45) is 7.06. The fourth-order valence-electron chi connectivity index (χ4n) is 1.99. The van der Waals surface area contributed by atoms with Crippen molar-refractivity contribution in [1.82, 2.24) is 0 Å². The van der Waals surface area contributed by atoms with Gasteiger partial charge in [0.05, 0.1) is 12.2 Å². The molecule has 1 rings (SSSR count). The Morgan fingerprint density at radius 1 is 1.29 bits per heavy atom. The quantitative estimate of drug-likeness (QED) is 0.635. The lowest BCUT2D eigenvalue weighted by atomic mass is 9.84. The van der Waals surface area contributed by atoms with E-state index in [1.54, 1.807) is 0 Å². The van der Waals surface area contributed by atoms with Crippen molar-refractivity contribution in [2.24, 2.45) is 5.41 Å². The van der Waals surface area contributed by atoms with E-state index in [1.165, 1.54) is 0 Å². The maximum Gasteiger partial charge on any atom is 0.0785 e. The van der Waals surface area contributed by atoms with E-state index in [-0.39, 0.29) is 5.41 Å². The lowest BCUT2D eigenvalue weighted by Crippen LogP contribution is -2.19. The standard InChI is InChI=1S/C15H24O2/c1-11-6-5-9-15(3,4)10-14(17)12(2)7-8-13(11)16/h5,7,9,13-14,16-17H,1,6,8,10H2,2-4H3/b9-5-,12-7-/t13-,14+/m0/s1. The number of hydrogen-bond acceptors (Lipinski definition) is 2. The molecular weight excluding hydrogens is 212 g/mol. The van der Waals surface area contributed by atoms with Crippen molar-refractivity contribution in [3.8, 4) is 0 Å². The Hall–Kier alpha value is -0.860. The van der Waals surface area contributed by atoms with Crippen LogP contribution in [0.4, 0.5) is 0 Å². The molecule has 2 heteroatoms. The fraction of sp³-hybridized carbons (Fsp3) is 0.600. The average Bonchev–Trinajstić information content (AvgIpc) is 2.23. The molecular formula is C15H24O2. The van der Waals surface area contributed by atoms with Crippen LogP contribution >= 0.6 is 0 Å². The lowest BCUT2D eigenvalue weighted by Gasteiger charge is -2.24. The Morgan fingerprint density at radius 3 is 2.59 bits per heavy atom. The topological polar surface area (TPSA) is 40.5 Å². The molecule has 17 heavy (non-hydrogen) atoms. The Morgan fingerprint density at radius 2 is 1.94 bits per heavy atom. The van der Waals surface area contributed by atoms with Crippen molar-refractivity contribution in [3.05, 3.63) is 36.0 Å². The molecule has 0 spiro atoms. The van der Waals surface area contributed by atoms with Crippen molar-refractivity contribution in [3.63, 3.8) is 0 Å². The summed E-state index contributed by atoms with van der Waals surface area (Å²) >= 11 is 0. The van der Waals surface area contributed by atoms with Crippen LogP contribution in [0.1, 0.15) is 40.0 Å². The van der Waals surface area contributed by atoms with Crippen LogP contribution in [-0.4, -0.2) is 22.4 Å². The minimum Gasteiger partial charge on any atom is -0.389 e. The molecule has 1 aliphatic carbocycles. The van der Waals surface area contributed by atoms with Gasteiger partial charge in [-0.3, -0.25) is 0 Å². The number of hydrogen-bond donors (Lipinski definition) is 2. The van der Waals surface area contributed by atoms with E-state index < -0.39 is 12.2 Å². The highest BCUT2D eigenvalue weighted by Crippen LogP contribution is 2.28. The maximum absolute atomic E-state index is 10.1. The second kappa shape index (κ2) is 5.65. The van der Waals surface area contributed by atoms with E-state index in [1.807, 2.05) is 19.1 Å². The number of aliphatic hydroxyl groups excluding tert-OH is 2. The smallest absolute Gasteiger partial charge is 0.0785 e. The van der Waals surface area contributed by atoms with Crippen LogP contribution in [0.3, 0.4) is 0 Å². The third-order valence-electron chi connectivity index (χ3n) is 3.33. The third-order valence-corrected chi connectivity index (χ3v) is 3.33. The van der Waals surface area contributed by atoms with E-state index in [9.17, 15) is 10.2 Å². The zero-order valence-corrected chi connectivity index (χ0v) is 11.1. The summed E-state index contributed by atoms with van der Waals surface area (Å²) in [4.78, 5) is 0. The first-order chi connectivity index (χ1) is 7.82. The molecule has 1 aliphatic rings. The zero-order valence-electron chi connectivity index (χ0n) is 11.1. The van der Waals surface area contributed by atoms with Gasteiger partial charge in [-0.15, -0.1) is 0 Å². The minimum absolute atomic E-state index is 0.0376. The van der Waals surface area contributed by atoms with Crippen LogP contribution in [0.25, 0.3) is 0 Å². The van der Waals surface area contributed by atoms with E-state index in [0.29, 0.717) is 19.3 Å². The summed E-state index contributed by atoms with van der Waals surface area (Å²) in [5.41, 5.74) is 1.72. The van der Waals surface area contributed by atoms with Gasteiger partial charge in [0.25, 0.3) is 0 Å². The molecule has 0 aromatic heterocycles. The van der Waals surface area contributed by atoms with Gasteiger partial charge in [0.1, 0.15) is 0 Å². The van der Waals surface area contributed by atoms with Crippen LogP contribution in [0.5, 0.6) is 0 Å². The molecule has 96 valence electrons. The largest absolute Gasteiger partial charge is 0.389 e. The molecule has 0 amide bonds. The van der Waals surface area contributed by atoms with Crippen molar-refractivity contribution < 1.29 is 10.2 Å². The molecule has 0 saturated heterocycles. The Bertz CT molecular complexity index is 337. The molecule has 0 heterocycles. The molecule has 0 saturated carbocycles. The second-order valence-corrected chi connectivity index (χ2v) is 5.67. The van der Waals surface area contributed by atoms with Crippen LogP contribution in [-0.2, 0) is 0 Å². The van der Waals surface area contributed by atoms with Gasteiger partial charge in [-0.25, -0.2) is 0 Å². The van der Waals surface area contributed by atoms with E-state index >= 15 is 0 Å². The molecule has 0 aromatic rings. The van der Waals surface area contributed by atoms with Gasteiger partial charge in [-0.05, 0) is 42.7 Å². The molecule has 0 aliphatic heterocycles. The lowest BCUT2D eigenvalue weighted by molar-refractivity contribution is 0.161. The van der Waals surface area contributed by atoms with Gasteiger partial charge in [0, 0.05) is 0 Å². The number of aliphatic hydroxyl groups is 2. The van der Waals surface area contributed by atoms with Crippen molar-refractivity contribution in [2.75, 3.05) is 0 Å². The molecule has 0 fully saturated rings.